The minimum Gasteiger partial charge on any atom is -0.469 e. The fourth-order valence-electron chi connectivity index (χ4n) is 2.06. The van der Waals surface area contributed by atoms with E-state index in [0.717, 1.165) is 13.0 Å². The molecule has 0 saturated carbocycles. The first-order valence-corrected chi connectivity index (χ1v) is 5.28. The lowest BCUT2D eigenvalue weighted by Crippen LogP contribution is -2.32. The van der Waals surface area contributed by atoms with Gasteiger partial charge < -0.3 is 9.47 Å². The zero-order valence-corrected chi connectivity index (χ0v) is 9.95. The molecule has 0 aromatic carbocycles. The fourth-order valence-corrected chi connectivity index (χ4v) is 2.06. The Morgan fingerprint density at radius 1 is 1.40 bits per heavy atom. The van der Waals surface area contributed by atoms with Crippen LogP contribution in [0.25, 0.3) is 0 Å². The Bertz CT molecular complexity index is 256. The molecule has 3 nitrogen and oxygen atoms in total. The van der Waals surface area contributed by atoms with E-state index < -0.39 is 5.41 Å². The summed E-state index contributed by atoms with van der Waals surface area (Å²) in [4.78, 5) is 11.6. The Balaban J connectivity index is 2.60. The highest BCUT2D eigenvalue weighted by atomic mass is 16.5. The number of carbonyl (C=O) groups excluding carboxylic acids is 1. The predicted octanol–water partition coefficient (Wildman–Crippen LogP) is 2.02. The van der Waals surface area contributed by atoms with Crippen LogP contribution in [0, 0.1) is 17.3 Å². The van der Waals surface area contributed by atoms with Gasteiger partial charge in [0.05, 0.1) is 19.1 Å². The number of ether oxygens (including phenoxy) is 2. The Hall–Kier alpha value is -0.830. The van der Waals surface area contributed by atoms with E-state index >= 15 is 0 Å². The lowest BCUT2D eigenvalue weighted by molar-refractivity contribution is -0.153. The van der Waals surface area contributed by atoms with E-state index in [9.17, 15) is 4.79 Å². The molecule has 0 fully saturated rings. The van der Waals surface area contributed by atoms with Gasteiger partial charge in [-0.1, -0.05) is 12.2 Å². The highest BCUT2D eigenvalue weighted by Crippen LogP contribution is 2.38. The number of carbonyl (C=O) groups is 1. The van der Waals surface area contributed by atoms with Crippen molar-refractivity contribution in [3.8, 4) is 0 Å². The summed E-state index contributed by atoms with van der Waals surface area (Å²) >= 11 is 0. The summed E-state index contributed by atoms with van der Waals surface area (Å²) in [6.07, 6.45) is 5.22. The first kappa shape index (κ1) is 12.2. The van der Waals surface area contributed by atoms with Crippen molar-refractivity contribution >= 4 is 5.97 Å². The number of hydrogen-bond acceptors (Lipinski definition) is 3. The van der Waals surface area contributed by atoms with Crippen molar-refractivity contribution in [3.63, 3.8) is 0 Å². The lowest BCUT2D eigenvalue weighted by Gasteiger charge is -2.28. The van der Waals surface area contributed by atoms with Gasteiger partial charge in [-0.15, -0.1) is 0 Å². The standard InChI is InChI=1S/C12H20O3/c1-12(2,11(13)15-4)10-6-5-9(7-10)8-14-3/h5-6,9-10H,7-8H2,1-4H3/t9-,10+/m1/s1. The van der Waals surface area contributed by atoms with Crippen LogP contribution < -0.4 is 0 Å². The molecule has 15 heavy (non-hydrogen) atoms. The molecule has 0 aliphatic heterocycles. The van der Waals surface area contributed by atoms with E-state index in [0.29, 0.717) is 5.92 Å². The zero-order chi connectivity index (χ0) is 11.5. The molecule has 0 N–H and O–H groups in total. The van der Waals surface area contributed by atoms with Gasteiger partial charge in [0, 0.05) is 13.0 Å². The first-order chi connectivity index (χ1) is 7.02. The third-order valence-electron chi connectivity index (χ3n) is 3.19. The Labute approximate surface area is 91.4 Å². The molecule has 1 aliphatic rings. The second kappa shape index (κ2) is 4.79. The molecule has 3 heteroatoms. The van der Waals surface area contributed by atoms with Crippen molar-refractivity contribution < 1.29 is 14.3 Å². The molecule has 2 atom stereocenters. The molecular formula is C12H20O3. The zero-order valence-electron chi connectivity index (χ0n) is 9.95. The van der Waals surface area contributed by atoms with Gasteiger partial charge in [-0.25, -0.2) is 0 Å². The molecule has 0 heterocycles. The van der Waals surface area contributed by atoms with Gasteiger partial charge in [0.25, 0.3) is 0 Å². The maximum atomic E-state index is 11.6. The molecule has 1 aliphatic carbocycles. The lowest BCUT2D eigenvalue weighted by atomic mass is 9.77. The van der Waals surface area contributed by atoms with Crippen molar-refractivity contribution in [3.05, 3.63) is 12.2 Å². The maximum absolute atomic E-state index is 11.6. The first-order valence-electron chi connectivity index (χ1n) is 5.28. The highest BCUT2D eigenvalue weighted by Gasteiger charge is 2.39. The molecule has 0 spiro atoms. The molecule has 0 saturated heterocycles. The SMILES string of the molecule is COC[C@@H]1C=C[C@H](C(C)(C)C(=O)OC)C1. The summed E-state index contributed by atoms with van der Waals surface area (Å²) in [6.45, 7) is 4.59. The van der Waals surface area contributed by atoms with Gasteiger partial charge in [-0.3, -0.25) is 4.79 Å². The monoisotopic (exact) mass is 212 g/mol. The highest BCUT2D eigenvalue weighted by molar-refractivity contribution is 5.76. The van der Waals surface area contributed by atoms with Gasteiger partial charge in [-0.05, 0) is 26.2 Å². The number of methoxy groups -OCH3 is 2. The van der Waals surface area contributed by atoms with Crippen LogP contribution in [0.15, 0.2) is 12.2 Å². The predicted molar refractivity (Wildman–Crippen MR) is 58.4 cm³/mol. The van der Waals surface area contributed by atoms with Crippen molar-refractivity contribution in [1.29, 1.82) is 0 Å². The molecule has 1 rings (SSSR count). The van der Waals surface area contributed by atoms with E-state index in [1.807, 2.05) is 13.8 Å². The van der Waals surface area contributed by atoms with Gasteiger partial charge >= 0.3 is 5.97 Å². The molecular weight excluding hydrogens is 192 g/mol. The summed E-state index contributed by atoms with van der Waals surface area (Å²) in [6, 6.07) is 0. The quantitative estimate of drug-likeness (QED) is 0.528. The Morgan fingerprint density at radius 2 is 2.07 bits per heavy atom. The van der Waals surface area contributed by atoms with Crippen molar-refractivity contribution in [2.24, 2.45) is 17.3 Å². The second-order valence-electron chi connectivity index (χ2n) is 4.66. The van der Waals surface area contributed by atoms with Crippen LogP contribution in [0.1, 0.15) is 20.3 Å². The van der Waals surface area contributed by atoms with Crippen LogP contribution in [0.4, 0.5) is 0 Å². The van der Waals surface area contributed by atoms with Crippen LogP contribution in [-0.2, 0) is 14.3 Å². The minimum absolute atomic E-state index is 0.143. The van der Waals surface area contributed by atoms with Gasteiger partial charge in [0.1, 0.15) is 0 Å². The van der Waals surface area contributed by atoms with E-state index in [4.69, 9.17) is 9.47 Å². The number of allylic oxidation sites excluding steroid dienone is 1. The summed E-state index contributed by atoms with van der Waals surface area (Å²) < 4.78 is 9.92. The van der Waals surface area contributed by atoms with Crippen LogP contribution >= 0.6 is 0 Å². The fraction of sp³-hybridized carbons (Fsp3) is 0.750. The summed E-state index contributed by atoms with van der Waals surface area (Å²) in [5.74, 6) is 0.546. The van der Waals surface area contributed by atoms with E-state index in [1.165, 1.54) is 7.11 Å². The molecule has 0 aromatic heterocycles. The van der Waals surface area contributed by atoms with Crippen LogP contribution in [0.2, 0.25) is 0 Å². The normalized spacial score (nSPS) is 25.6. The second-order valence-corrected chi connectivity index (χ2v) is 4.66. The van der Waals surface area contributed by atoms with Crippen molar-refractivity contribution in [2.45, 2.75) is 20.3 Å². The summed E-state index contributed by atoms with van der Waals surface area (Å²) in [5.41, 5.74) is -0.437. The van der Waals surface area contributed by atoms with Crippen molar-refractivity contribution in [2.75, 3.05) is 20.8 Å². The van der Waals surface area contributed by atoms with E-state index in [1.54, 1.807) is 7.11 Å². The molecule has 0 radical (unpaired) electrons. The van der Waals surface area contributed by atoms with Gasteiger partial charge in [-0.2, -0.15) is 0 Å². The maximum Gasteiger partial charge on any atom is 0.311 e. The third-order valence-corrected chi connectivity index (χ3v) is 3.19. The molecule has 0 amide bonds. The largest absolute Gasteiger partial charge is 0.469 e. The van der Waals surface area contributed by atoms with E-state index in [-0.39, 0.29) is 11.9 Å². The smallest absolute Gasteiger partial charge is 0.311 e. The number of hydrogen-bond donors (Lipinski definition) is 0. The average Bonchev–Trinajstić information content (AvgIpc) is 2.66. The molecule has 0 bridgehead atoms. The molecule has 0 unspecified atom stereocenters. The van der Waals surface area contributed by atoms with Gasteiger partial charge in [0.2, 0.25) is 0 Å². The van der Waals surface area contributed by atoms with Crippen LogP contribution in [0.3, 0.4) is 0 Å². The molecule has 86 valence electrons. The molecule has 0 aromatic rings. The summed E-state index contributed by atoms with van der Waals surface area (Å²) in [5, 5.41) is 0. The summed E-state index contributed by atoms with van der Waals surface area (Å²) in [7, 11) is 3.14. The number of rotatable bonds is 4. The topological polar surface area (TPSA) is 35.5 Å². The van der Waals surface area contributed by atoms with Crippen molar-refractivity contribution in [1.82, 2.24) is 0 Å². The van der Waals surface area contributed by atoms with Crippen LogP contribution in [-0.4, -0.2) is 26.8 Å². The van der Waals surface area contributed by atoms with Crippen LogP contribution in [0.5, 0.6) is 0 Å². The van der Waals surface area contributed by atoms with Gasteiger partial charge in [0.15, 0.2) is 0 Å². The third kappa shape index (κ3) is 2.59. The Morgan fingerprint density at radius 3 is 2.60 bits per heavy atom. The number of esters is 1. The Kier molecular flexibility index (Phi) is 3.91. The average molecular weight is 212 g/mol. The van der Waals surface area contributed by atoms with E-state index in [2.05, 4.69) is 12.2 Å². The minimum atomic E-state index is -0.437.